The van der Waals surface area contributed by atoms with Crippen molar-refractivity contribution in [3.63, 3.8) is 0 Å². The molecule has 2 heterocycles. The average molecular weight is 235 g/mol. The molecule has 0 fully saturated rings. The van der Waals surface area contributed by atoms with Crippen LogP contribution in [0.4, 0.5) is 4.39 Å². The van der Waals surface area contributed by atoms with Gasteiger partial charge in [-0.15, -0.1) is 0 Å². The lowest BCUT2D eigenvalue weighted by molar-refractivity contribution is 0.560. The second kappa shape index (κ2) is 4.53. The highest BCUT2D eigenvalue weighted by atomic mass is 19.1. The standard InChI is InChI=1S/C12H14FN3O/c1-9(2)16-4-3-15(12(16)17)8-10-5-11(13)7-14-6-10/h3-7,9H,8H2,1-2H3. The first-order valence-electron chi connectivity index (χ1n) is 5.44. The number of nitrogens with zero attached hydrogens (tertiary/aromatic N) is 3. The number of imidazole rings is 1. The lowest BCUT2D eigenvalue weighted by Gasteiger charge is -2.05. The van der Waals surface area contributed by atoms with Gasteiger partial charge < -0.3 is 0 Å². The summed E-state index contributed by atoms with van der Waals surface area (Å²) >= 11 is 0. The van der Waals surface area contributed by atoms with Crippen LogP contribution in [0.15, 0.2) is 35.6 Å². The zero-order valence-corrected chi connectivity index (χ0v) is 9.80. The quantitative estimate of drug-likeness (QED) is 0.814. The molecule has 0 saturated heterocycles. The Morgan fingerprint density at radius 2 is 2.12 bits per heavy atom. The summed E-state index contributed by atoms with van der Waals surface area (Å²) in [4.78, 5) is 15.7. The van der Waals surface area contributed by atoms with Gasteiger partial charge in [0, 0.05) is 24.6 Å². The zero-order chi connectivity index (χ0) is 12.4. The SMILES string of the molecule is CC(C)n1ccn(Cc2cncc(F)c2)c1=O. The van der Waals surface area contributed by atoms with Crippen LogP contribution in [0.25, 0.3) is 0 Å². The fourth-order valence-corrected chi connectivity index (χ4v) is 1.68. The molecule has 0 unspecified atom stereocenters. The van der Waals surface area contributed by atoms with Crippen LogP contribution >= 0.6 is 0 Å². The number of aromatic nitrogens is 3. The Morgan fingerprint density at radius 3 is 2.71 bits per heavy atom. The Balaban J connectivity index is 2.28. The van der Waals surface area contributed by atoms with Crippen molar-refractivity contribution in [3.8, 4) is 0 Å². The summed E-state index contributed by atoms with van der Waals surface area (Å²) in [6.45, 7) is 4.22. The van der Waals surface area contributed by atoms with Crippen molar-refractivity contribution in [2.24, 2.45) is 0 Å². The molecule has 0 aliphatic carbocycles. The van der Waals surface area contributed by atoms with Gasteiger partial charge in [0.15, 0.2) is 0 Å². The van der Waals surface area contributed by atoms with Gasteiger partial charge in [-0.3, -0.25) is 14.1 Å². The van der Waals surface area contributed by atoms with E-state index in [0.717, 1.165) is 6.20 Å². The number of rotatable bonds is 3. The van der Waals surface area contributed by atoms with Gasteiger partial charge in [0.2, 0.25) is 0 Å². The number of hydrogen-bond acceptors (Lipinski definition) is 2. The number of hydrogen-bond donors (Lipinski definition) is 0. The molecule has 0 amide bonds. The molecular weight excluding hydrogens is 221 g/mol. The molecule has 2 aromatic rings. The minimum atomic E-state index is -0.390. The Morgan fingerprint density at radius 1 is 1.35 bits per heavy atom. The Hall–Kier alpha value is -1.91. The maximum Gasteiger partial charge on any atom is 0.328 e. The van der Waals surface area contributed by atoms with Gasteiger partial charge in [0.25, 0.3) is 0 Å². The zero-order valence-electron chi connectivity index (χ0n) is 9.80. The summed E-state index contributed by atoms with van der Waals surface area (Å²) in [5, 5.41) is 0. The molecule has 0 saturated carbocycles. The van der Waals surface area contributed by atoms with Crippen LogP contribution in [-0.4, -0.2) is 14.1 Å². The van der Waals surface area contributed by atoms with Crippen molar-refractivity contribution in [1.29, 1.82) is 0 Å². The second-order valence-electron chi connectivity index (χ2n) is 4.22. The fraction of sp³-hybridized carbons (Fsp3) is 0.333. The topological polar surface area (TPSA) is 39.8 Å². The van der Waals surface area contributed by atoms with E-state index < -0.39 is 0 Å². The van der Waals surface area contributed by atoms with E-state index in [1.54, 1.807) is 23.2 Å². The minimum absolute atomic E-state index is 0.0933. The predicted molar refractivity (Wildman–Crippen MR) is 62.4 cm³/mol. The summed E-state index contributed by atoms with van der Waals surface area (Å²) < 4.78 is 16.1. The molecule has 4 nitrogen and oxygen atoms in total. The maximum absolute atomic E-state index is 12.9. The van der Waals surface area contributed by atoms with Gasteiger partial charge in [0.1, 0.15) is 5.82 Å². The highest BCUT2D eigenvalue weighted by molar-refractivity contribution is 5.10. The molecule has 0 aliphatic rings. The van der Waals surface area contributed by atoms with E-state index in [0.29, 0.717) is 12.1 Å². The van der Waals surface area contributed by atoms with E-state index in [1.807, 2.05) is 13.8 Å². The van der Waals surface area contributed by atoms with Crippen molar-refractivity contribution in [3.05, 3.63) is 52.7 Å². The van der Waals surface area contributed by atoms with E-state index in [2.05, 4.69) is 4.98 Å². The van der Waals surface area contributed by atoms with Crippen LogP contribution in [0.5, 0.6) is 0 Å². The molecule has 0 radical (unpaired) electrons. The smallest absolute Gasteiger partial charge is 0.297 e. The molecule has 5 heteroatoms. The van der Waals surface area contributed by atoms with Gasteiger partial charge >= 0.3 is 5.69 Å². The van der Waals surface area contributed by atoms with Crippen molar-refractivity contribution in [2.75, 3.05) is 0 Å². The van der Waals surface area contributed by atoms with Crippen LogP contribution < -0.4 is 5.69 Å². The summed E-state index contributed by atoms with van der Waals surface area (Å²) in [5.74, 6) is -0.390. The molecular formula is C12H14FN3O. The van der Waals surface area contributed by atoms with Crippen LogP contribution in [0.1, 0.15) is 25.5 Å². The molecule has 17 heavy (non-hydrogen) atoms. The average Bonchev–Trinajstić information content (AvgIpc) is 2.61. The first-order chi connectivity index (χ1) is 8.08. The molecule has 2 rings (SSSR count). The maximum atomic E-state index is 12.9. The summed E-state index contributed by atoms with van der Waals surface area (Å²) in [5.41, 5.74) is 0.581. The lowest BCUT2D eigenvalue weighted by Crippen LogP contribution is -2.25. The van der Waals surface area contributed by atoms with Gasteiger partial charge in [-0.05, 0) is 25.5 Å². The molecule has 0 N–H and O–H groups in total. The Kier molecular flexibility index (Phi) is 3.08. The molecule has 0 bridgehead atoms. The minimum Gasteiger partial charge on any atom is -0.297 e. The van der Waals surface area contributed by atoms with Crippen LogP contribution in [0.2, 0.25) is 0 Å². The third-order valence-corrected chi connectivity index (χ3v) is 2.54. The predicted octanol–water partition coefficient (Wildman–Crippen LogP) is 1.81. The summed E-state index contributed by atoms with van der Waals surface area (Å²) in [6.07, 6.45) is 6.14. The molecule has 0 spiro atoms. The van der Waals surface area contributed by atoms with E-state index in [-0.39, 0.29) is 17.5 Å². The molecule has 2 aromatic heterocycles. The number of pyridine rings is 1. The van der Waals surface area contributed by atoms with E-state index in [9.17, 15) is 9.18 Å². The number of halogens is 1. The highest BCUT2D eigenvalue weighted by Crippen LogP contribution is 2.04. The Bertz CT molecular complexity index is 571. The van der Waals surface area contributed by atoms with Crippen molar-refractivity contribution in [2.45, 2.75) is 26.4 Å². The van der Waals surface area contributed by atoms with Crippen LogP contribution in [-0.2, 0) is 6.54 Å². The Labute approximate surface area is 98.3 Å². The van der Waals surface area contributed by atoms with Crippen molar-refractivity contribution >= 4 is 0 Å². The first-order valence-corrected chi connectivity index (χ1v) is 5.44. The molecule has 0 atom stereocenters. The summed E-state index contributed by atoms with van der Waals surface area (Å²) in [6, 6.07) is 1.50. The van der Waals surface area contributed by atoms with Crippen LogP contribution in [0, 0.1) is 5.82 Å². The van der Waals surface area contributed by atoms with Crippen molar-refractivity contribution < 1.29 is 4.39 Å². The van der Waals surface area contributed by atoms with Gasteiger partial charge in [-0.2, -0.15) is 0 Å². The molecule has 0 aromatic carbocycles. The third-order valence-electron chi connectivity index (χ3n) is 2.54. The lowest BCUT2D eigenvalue weighted by atomic mass is 10.3. The first kappa shape index (κ1) is 11.6. The van der Waals surface area contributed by atoms with Gasteiger partial charge in [-0.25, -0.2) is 9.18 Å². The van der Waals surface area contributed by atoms with Crippen LogP contribution in [0.3, 0.4) is 0 Å². The van der Waals surface area contributed by atoms with Gasteiger partial charge in [-0.1, -0.05) is 0 Å². The van der Waals surface area contributed by atoms with Gasteiger partial charge in [0.05, 0.1) is 12.7 Å². The van der Waals surface area contributed by atoms with E-state index >= 15 is 0 Å². The molecule has 0 aliphatic heterocycles. The van der Waals surface area contributed by atoms with Crippen molar-refractivity contribution in [1.82, 2.24) is 14.1 Å². The molecule has 90 valence electrons. The third kappa shape index (κ3) is 2.43. The normalized spacial score (nSPS) is 11.1. The fourth-order valence-electron chi connectivity index (χ4n) is 1.68. The van der Waals surface area contributed by atoms with E-state index in [1.165, 1.54) is 10.6 Å². The largest absolute Gasteiger partial charge is 0.328 e. The second-order valence-corrected chi connectivity index (χ2v) is 4.22. The highest BCUT2D eigenvalue weighted by Gasteiger charge is 2.06. The summed E-state index contributed by atoms with van der Waals surface area (Å²) in [7, 11) is 0. The monoisotopic (exact) mass is 235 g/mol. The van der Waals surface area contributed by atoms with E-state index in [4.69, 9.17) is 0 Å².